The number of hydrogen-bond acceptors (Lipinski definition) is 4. The molecular weight excluding hydrogens is 211 g/mol. The van der Waals surface area contributed by atoms with Gasteiger partial charge in [0.15, 0.2) is 11.6 Å². The molecule has 0 saturated carbocycles. The van der Waals surface area contributed by atoms with E-state index in [-0.39, 0.29) is 0 Å². The van der Waals surface area contributed by atoms with Gasteiger partial charge in [-0.2, -0.15) is 4.98 Å². The highest BCUT2D eigenvalue weighted by Crippen LogP contribution is 2.11. The van der Waals surface area contributed by atoms with Crippen molar-refractivity contribution < 1.29 is 4.39 Å². The number of nitrogen functional groups attached to an aromatic ring is 2. The smallest absolute Gasteiger partial charge is 0.354 e. The molecule has 0 saturated heterocycles. The molecule has 5 nitrogen and oxygen atoms in total. The second kappa shape index (κ2) is 3.65. The van der Waals surface area contributed by atoms with Crippen molar-refractivity contribution in [2.75, 3.05) is 11.5 Å². The molecule has 0 atom stereocenters. The molecule has 0 amide bonds. The van der Waals surface area contributed by atoms with Gasteiger partial charge in [0.1, 0.15) is 0 Å². The first-order valence-corrected chi connectivity index (χ1v) is 4.48. The van der Waals surface area contributed by atoms with Crippen LogP contribution in [0.1, 0.15) is 0 Å². The fourth-order valence-corrected chi connectivity index (χ4v) is 1.30. The van der Waals surface area contributed by atoms with E-state index in [4.69, 9.17) is 11.5 Å². The maximum absolute atomic E-state index is 13.2. The summed E-state index contributed by atoms with van der Waals surface area (Å²) in [6.07, 6.45) is 0.986. The third-order valence-corrected chi connectivity index (χ3v) is 2.06. The van der Waals surface area contributed by atoms with E-state index in [9.17, 15) is 9.18 Å². The Bertz CT molecular complexity index is 594. The Morgan fingerprint density at radius 1 is 1.31 bits per heavy atom. The Labute approximate surface area is 90.1 Å². The van der Waals surface area contributed by atoms with Crippen LogP contribution in [0.2, 0.25) is 0 Å². The van der Waals surface area contributed by atoms with Crippen LogP contribution in [0.25, 0.3) is 5.69 Å². The number of nitrogens with two attached hydrogens (primary N) is 2. The second-order valence-electron chi connectivity index (χ2n) is 3.22. The van der Waals surface area contributed by atoms with Crippen LogP contribution in [0.15, 0.2) is 35.3 Å². The van der Waals surface area contributed by atoms with Gasteiger partial charge >= 0.3 is 5.69 Å². The average Bonchev–Trinajstić information content (AvgIpc) is 2.23. The topological polar surface area (TPSA) is 86.9 Å². The summed E-state index contributed by atoms with van der Waals surface area (Å²) in [6, 6.07) is 6.48. The van der Waals surface area contributed by atoms with Crippen LogP contribution in [0.3, 0.4) is 0 Å². The lowest BCUT2D eigenvalue weighted by atomic mass is 10.3. The summed E-state index contributed by atoms with van der Waals surface area (Å²) >= 11 is 0. The van der Waals surface area contributed by atoms with E-state index in [2.05, 4.69) is 4.98 Å². The van der Waals surface area contributed by atoms with Crippen molar-refractivity contribution in [3.05, 3.63) is 46.8 Å². The Morgan fingerprint density at radius 3 is 2.75 bits per heavy atom. The summed E-state index contributed by atoms with van der Waals surface area (Å²) in [4.78, 5) is 14.8. The Hall–Kier alpha value is -2.37. The van der Waals surface area contributed by atoms with E-state index in [1.54, 1.807) is 24.3 Å². The van der Waals surface area contributed by atoms with Crippen molar-refractivity contribution in [1.82, 2.24) is 9.55 Å². The molecule has 16 heavy (non-hydrogen) atoms. The van der Waals surface area contributed by atoms with Crippen LogP contribution in [0.5, 0.6) is 0 Å². The first-order valence-electron chi connectivity index (χ1n) is 4.48. The maximum atomic E-state index is 13.2. The number of halogens is 1. The lowest BCUT2D eigenvalue weighted by molar-refractivity contribution is 0.607. The summed E-state index contributed by atoms with van der Waals surface area (Å²) < 4.78 is 14.2. The zero-order valence-electron chi connectivity index (χ0n) is 8.22. The van der Waals surface area contributed by atoms with Gasteiger partial charge in [-0.15, -0.1) is 0 Å². The fraction of sp³-hybridized carbons (Fsp3) is 0. The Kier molecular flexibility index (Phi) is 2.32. The highest BCUT2D eigenvalue weighted by molar-refractivity contribution is 5.47. The minimum absolute atomic E-state index is 0.412. The summed E-state index contributed by atoms with van der Waals surface area (Å²) in [5.74, 6) is -1.16. The molecular formula is C10H9FN4O. The van der Waals surface area contributed by atoms with Gasteiger partial charge in [0.05, 0.1) is 11.9 Å². The quantitative estimate of drug-likeness (QED) is 0.686. The SMILES string of the molecule is Nc1cccc(-n2cc(F)c(N)nc2=O)c1. The molecule has 0 aliphatic heterocycles. The summed E-state index contributed by atoms with van der Waals surface area (Å²) in [5, 5.41) is 0. The second-order valence-corrected chi connectivity index (χ2v) is 3.22. The molecule has 1 aromatic heterocycles. The zero-order chi connectivity index (χ0) is 11.7. The summed E-state index contributed by atoms with van der Waals surface area (Å²) in [7, 11) is 0. The van der Waals surface area contributed by atoms with E-state index in [0.717, 1.165) is 10.8 Å². The van der Waals surface area contributed by atoms with Gasteiger partial charge < -0.3 is 11.5 Å². The molecule has 1 aromatic carbocycles. The van der Waals surface area contributed by atoms with Gasteiger partial charge in [0.25, 0.3) is 0 Å². The van der Waals surface area contributed by atoms with Crippen LogP contribution in [-0.4, -0.2) is 9.55 Å². The van der Waals surface area contributed by atoms with Crippen molar-refractivity contribution in [2.24, 2.45) is 0 Å². The van der Waals surface area contributed by atoms with E-state index in [1.807, 2.05) is 0 Å². The minimum Gasteiger partial charge on any atom is -0.399 e. The van der Waals surface area contributed by atoms with Gasteiger partial charge in [-0.3, -0.25) is 4.57 Å². The molecule has 82 valence electrons. The third-order valence-electron chi connectivity index (χ3n) is 2.06. The van der Waals surface area contributed by atoms with Gasteiger partial charge in [-0.1, -0.05) is 6.07 Å². The molecule has 0 unspecified atom stereocenters. The van der Waals surface area contributed by atoms with E-state index in [0.29, 0.717) is 11.4 Å². The number of benzene rings is 1. The lowest BCUT2D eigenvalue weighted by Crippen LogP contribution is -2.23. The number of hydrogen-bond donors (Lipinski definition) is 2. The molecule has 0 fully saturated rings. The Morgan fingerprint density at radius 2 is 2.06 bits per heavy atom. The first-order chi connectivity index (χ1) is 7.58. The van der Waals surface area contributed by atoms with Crippen molar-refractivity contribution in [1.29, 1.82) is 0 Å². The molecule has 1 heterocycles. The van der Waals surface area contributed by atoms with Crippen LogP contribution in [-0.2, 0) is 0 Å². The van der Waals surface area contributed by atoms with Crippen LogP contribution >= 0.6 is 0 Å². The molecule has 0 bridgehead atoms. The molecule has 0 radical (unpaired) electrons. The first kappa shape index (κ1) is 10.2. The highest BCUT2D eigenvalue weighted by atomic mass is 19.1. The van der Waals surface area contributed by atoms with E-state index < -0.39 is 17.3 Å². The number of anilines is 2. The maximum Gasteiger partial charge on any atom is 0.354 e. The number of aromatic nitrogens is 2. The highest BCUT2D eigenvalue weighted by Gasteiger charge is 2.06. The zero-order valence-corrected chi connectivity index (χ0v) is 8.22. The van der Waals surface area contributed by atoms with Crippen molar-refractivity contribution in [2.45, 2.75) is 0 Å². The largest absolute Gasteiger partial charge is 0.399 e. The summed E-state index contributed by atoms with van der Waals surface area (Å²) in [5.41, 5.74) is 11.0. The normalized spacial score (nSPS) is 10.3. The van der Waals surface area contributed by atoms with Gasteiger partial charge in [-0.05, 0) is 18.2 Å². The van der Waals surface area contributed by atoms with Gasteiger partial charge in [-0.25, -0.2) is 9.18 Å². The molecule has 4 N–H and O–H groups in total. The van der Waals surface area contributed by atoms with E-state index in [1.165, 1.54) is 0 Å². The average molecular weight is 220 g/mol. The van der Waals surface area contributed by atoms with Crippen molar-refractivity contribution in [3.63, 3.8) is 0 Å². The predicted octanol–water partition coefficient (Wildman–Crippen LogP) is 0.536. The molecule has 2 rings (SSSR count). The molecule has 0 aliphatic rings. The number of rotatable bonds is 1. The van der Waals surface area contributed by atoms with Crippen molar-refractivity contribution in [3.8, 4) is 5.69 Å². The van der Waals surface area contributed by atoms with Gasteiger partial charge in [0, 0.05) is 5.69 Å². The standard InChI is InChI=1S/C10H9FN4O/c11-8-5-15(10(16)14-9(8)13)7-3-1-2-6(12)4-7/h1-5H,12H2,(H2,13,14,16). The van der Waals surface area contributed by atoms with Crippen molar-refractivity contribution >= 4 is 11.5 Å². The molecule has 0 spiro atoms. The van der Waals surface area contributed by atoms with Crippen LogP contribution in [0.4, 0.5) is 15.9 Å². The molecule has 2 aromatic rings. The Balaban J connectivity index is 2.65. The fourth-order valence-electron chi connectivity index (χ4n) is 1.30. The molecule has 6 heteroatoms. The van der Waals surface area contributed by atoms with Crippen LogP contribution < -0.4 is 17.2 Å². The van der Waals surface area contributed by atoms with Gasteiger partial charge in [0.2, 0.25) is 0 Å². The predicted molar refractivity (Wildman–Crippen MR) is 58.6 cm³/mol. The minimum atomic E-state index is -0.748. The summed E-state index contributed by atoms with van der Waals surface area (Å²) in [6.45, 7) is 0. The lowest BCUT2D eigenvalue weighted by Gasteiger charge is -2.06. The van der Waals surface area contributed by atoms with Crippen LogP contribution in [0, 0.1) is 5.82 Å². The monoisotopic (exact) mass is 220 g/mol. The van der Waals surface area contributed by atoms with E-state index >= 15 is 0 Å². The number of nitrogens with zero attached hydrogens (tertiary/aromatic N) is 2. The third kappa shape index (κ3) is 1.72. The molecule has 0 aliphatic carbocycles.